The van der Waals surface area contributed by atoms with Gasteiger partial charge in [0.25, 0.3) is 0 Å². The van der Waals surface area contributed by atoms with Crippen molar-refractivity contribution in [2.75, 3.05) is 13.2 Å². The Kier molecular flexibility index (Phi) is 51.2. The quantitative estimate of drug-likeness (QED) is 0.0262. The smallest absolute Gasteiger partial charge is 0.306 e. The molecule has 0 N–H and O–H groups in total. The highest BCUT2D eigenvalue weighted by Crippen LogP contribution is 2.17. The summed E-state index contributed by atoms with van der Waals surface area (Å²) in [6.45, 7) is 6.63. The van der Waals surface area contributed by atoms with E-state index in [-0.39, 0.29) is 31.1 Å². The van der Waals surface area contributed by atoms with Crippen molar-refractivity contribution in [3.8, 4) is 0 Å². The van der Waals surface area contributed by atoms with E-state index in [9.17, 15) is 14.4 Å². The summed E-state index contributed by atoms with van der Waals surface area (Å²) in [5.41, 5.74) is 0. The van der Waals surface area contributed by atoms with Crippen LogP contribution in [0.2, 0.25) is 0 Å². The van der Waals surface area contributed by atoms with Gasteiger partial charge >= 0.3 is 17.9 Å². The van der Waals surface area contributed by atoms with E-state index in [1.54, 1.807) is 0 Å². The summed E-state index contributed by atoms with van der Waals surface area (Å²) in [5.74, 6) is -0.856. The molecule has 6 heteroatoms. The maximum atomic E-state index is 12.8. The lowest BCUT2D eigenvalue weighted by Gasteiger charge is -2.18. The Balaban J connectivity index is 4.25. The molecule has 0 aliphatic carbocycles. The van der Waals surface area contributed by atoms with Crippen LogP contribution in [0.3, 0.4) is 0 Å². The molecule has 0 saturated carbocycles. The molecule has 1 unspecified atom stereocenters. The topological polar surface area (TPSA) is 78.9 Å². The summed E-state index contributed by atoms with van der Waals surface area (Å²) in [6.07, 6.45) is 59.2. The highest BCUT2D eigenvalue weighted by Gasteiger charge is 2.19. The van der Waals surface area contributed by atoms with Gasteiger partial charge in [0.1, 0.15) is 13.2 Å². The minimum absolute atomic E-state index is 0.0668. The lowest BCUT2D eigenvalue weighted by Crippen LogP contribution is -2.30. The van der Waals surface area contributed by atoms with Crippen LogP contribution < -0.4 is 0 Å². The lowest BCUT2D eigenvalue weighted by molar-refractivity contribution is -0.167. The number of esters is 3. The van der Waals surface area contributed by atoms with Gasteiger partial charge in [0.2, 0.25) is 0 Å². The molecule has 0 aromatic rings. The first kappa shape index (κ1) is 61.1. The molecular weight excluding hydrogens is 781 g/mol. The fourth-order valence-corrected chi connectivity index (χ4v) is 8.51. The number of allylic oxidation sites excluding steroid dienone is 2. The number of hydrogen-bond acceptors (Lipinski definition) is 6. The van der Waals surface area contributed by atoms with Gasteiger partial charge in [0.05, 0.1) is 0 Å². The SMILES string of the molecule is CCC/C=C\CCCCCCCC(=O)OCC(COC(=O)CCCCCCCCCCCCCCCCCCCC)OC(=O)CCCCCCCCCCCCCCCCCCC. The molecule has 1 atom stereocenters. The van der Waals surface area contributed by atoms with Crippen LogP contribution in [0.15, 0.2) is 12.2 Å². The van der Waals surface area contributed by atoms with Crippen molar-refractivity contribution in [2.24, 2.45) is 0 Å². The molecular formula is C57H108O6. The van der Waals surface area contributed by atoms with Gasteiger partial charge in [-0.2, -0.15) is 0 Å². The normalized spacial score (nSPS) is 12.0. The number of unbranched alkanes of at least 4 members (excludes halogenated alkanes) is 39. The average Bonchev–Trinajstić information content (AvgIpc) is 3.28. The predicted molar refractivity (Wildman–Crippen MR) is 270 cm³/mol. The van der Waals surface area contributed by atoms with Crippen molar-refractivity contribution in [3.63, 3.8) is 0 Å². The van der Waals surface area contributed by atoms with Crippen LogP contribution in [0.1, 0.15) is 316 Å². The van der Waals surface area contributed by atoms with Gasteiger partial charge in [-0.3, -0.25) is 14.4 Å². The molecule has 0 amide bonds. The first-order valence-electron chi connectivity index (χ1n) is 28.2. The molecule has 0 bridgehead atoms. The summed E-state index contributed by atoms with van der Waals surface area (Å²) in [6, 6.07) is 0. The van der Waals surface area contributed by atoms with E-state index in [0.29, 0.717) is 19.3 Å². The molecule has 0 fully saturated rings. The van der Waals surface area contributed by atoms with Crippen LogP contribution in [0.4, 0.5) is 0 Å². The van der Waals surface area contributed by atoms with Gasteiger partial charge in [-0.1, -0.05) is 270 Å². The van der Waals surface area contributed by atoms with E-state index in [1.807, 2.05) is 0 Å². The number of carbonyl (C=O) groups is 3. The van der Waals surface area contributed by atoms with E-state index < -0.39 is 6.10 Å². The van der Waals surface area contributed by atoms with E-state index in [1.165, 1.54) is 205 Å². The van der Waals surface area contributed by atoms with Gasteiger partial charge in [-0.25, -0.2) is 0 Å². The molecule has 0 heterocycles. The van der Waals surface area contributed by atoms with E-state index in [2.05, 4.69) is 32.9 Å². The Morgan fingerprint density at radius 1 is 0.302 bits per heavy atom. The Labute approximate surface area is 392 Å². The minimum atomic E-state index is -0.766. The largest absolute Gasteiger partial charge is 0.462 e. The fourth-order valence-electron chi connectivity index (χ4n) is 8.51. The van der Waals surface area contributed by atoms with Crippen LogP contribution in [-0.4, -0.2) is 37.2 Å². The number of rotatable bonds is 52. The number of ether oxygens (including phenoxy) is 3. The Morgan fingerprint density at radius 3 is 0.857 bits per heavy atom. The van der Waals surface area contributed by atoms with Gasteiger partial charge in [0, 0.05) is 19.3 Å². The second kappa shape index (κ2) is 52.8. The molecule has 0 aromatic carbocycles. The van der Waals surface area contributed by atoms with Gasteiger partial charge < -0.3 is 14.2 Å². The molecule has 0 rings (SSSR count). The molecule has 0 aliphatic heterocycles. The predicted octanol–water partition coefficient (Wildman–Crippen LogP) is 18.5. The molecule has 63 heavy (non-hydrogen) atoms. The van der Waals surface area contributed by atoms with Crippen molar-refractivity contribution >= 4 is 17.9 Å². The molecule has 0 aliphatic rings. The Morgan fingerprint density at radius 2 is 0.556 bits per heavy atom. The van der Waals surface area contributed by atoms with Crippen molar-refractivity contribution in [3.05, 3.63) is 12.2 Å². The van der Waals surface area contributed by atoms with Gasteiger partial charge in [-0.05, 0) is 38.5 Å². The van der Waals surface area contributed by atoms with Gasteiger partial charge in [-0.15, -0.1) is 0 Å². The molecule has 6 nitrogen and oxygen atoms in total. The van der Waals surface area contributed by atoms with Crippen molar-refractivity contribution in [1.82, 2.24) is 0 Å². The summed E-state index contributed by atoms with van der Waals surface area (Å²) in [4.78, 5) is 38.0. The van der Waals surface area contributed by atoms with E-state index in [4.69, 9.17) is 14.2 Å². The zero-order chi connectivity index (χ0) is 45.8. The molecule has 0 aromatic heterocycles. The van der Waals surface area contributed by atoms with Gasteiger partial charge in [0.15, 0.2) is 6.10 Å². The van der Waals surface area contributed by atoms with Crippen LogP contribution in [0.25, 0.3) is 0 Å². The van der Waals surface area contributed by atoms with Crippen molar-refractivity contribution in [2.45, 2.75) is 322 Å². The second-order valence-corrected chi connectivity index (χ2v) is 19.2. The first-order valence-corrected chi connectivity index (χ1v) is 28.2. The molecule has 0 spiro atoms. The summed E-state index contributed by atoms with van der Waals surface area (Å²) in [5, 5.41) is 0. The summed E-state index contributed by atoms with van der Waals surface area (Å²) < 4.78 is 16.8. The minimum Gasteiger partial charge on any atom is -0.462 e. The molecule has 0 saturated heterocycles. The third-order valence-corrected chi connectivity index (χ3v) is 12.8. The summed E-state index contributed by atoms with van der Waals surface area (Å²) in [7, 11) is 0. The van der Waals surface area contributed by atoms with Crippen molar-refractivity contribution < 1.29 is 28.6 Å². The highest BCUT2D eigenvalue weighted by molar-refractivity contribution is 5.71. The molecule has 372 valence electrons. The fraction of sp³-hybridized carbons (Fsp3) is 0.912. The van der Waals surface area contributed by atoms with Crippen LogP contribution >= 0.6 is 0 Å². The zero-order valence-electron chi connectivity index (χ0n) is 42.6. The first-order chi connectivity index (χ1) is 31.0. The third kappa shape index (κ3) is 51.0. The van der Waals surface area contributed by atoms with E-state index in [0.717, 1.165) is 70.6 Å². The second-order valence-electron chi connectivity index (χ2n) is 19.2. The standard InChI is InChI=1S/C57H108O6/c1-4-7-10-13-16-19-22-24-26-28-30-31-33-35-38-41-44-47-50-56(59)62-53-54(52-61-55(58)49-46-43-40-37-21-18-15-12-9-6-3)63-57(60)51-48-45-42-39-36-34-32-29-27-25-23-20-17-14-11-8-5-2/h12,15,54H,4-11,13-14,16-53H2,1-3H3/b15-12-. The highest BCUT2D eigenvalue weighted by atomic mass is 16.6. The maximum Gasteiger partial charge on any atom is 0.306 e. The van der Waals surface area contributed by atoms with Crippen LogP contribution in [0, 0.1) is 0 Å². The average molecular weight is 889 g/mol. The number of hydrogen-bond donors (Lipinski definition) is 0. The summed E-state index contributed by atoms with van der Waals surface area (Å²) >= 11 is 0. The monoisotopic (exact) mass is 889 g/mol. The van der Waals surface area contributed by atoms with Crippen LogP contribution in [-0.2, 0) is 28.6 Å². The third-order valence-electron chi connectivity index (χ3n) is 12.8. The van der Waals surface area contributed by atoms with E-state index >= 15 is 0 Å². The zero-order valence-corrected chi connectivity index (χ0v) is 42.6. The van der Waals surface area contributed by atoms with Crippen LogP contribution in [0.5, 0.6) is 0 Å². The lowest BCUT2D eigenvalue weighted by atomic mass is 10.0. The van der Waals surface area contributed by atoms with Crippen molar-refractivity contribution in [1.29, 1.82) is 0 Å². The molecule has 0 radical (unpaired) electrons. The Bertz CT molecular complexity index is 978. The number of carbonyl (C=O) groups excluding carboxylic acids is 3. The maximum absolute atomic E-state index is 12.8. The Hall–Kier alpha value is -1.85.